The molecule has 1 unspecified atom stereocenters. The predicted molar refractivity (Wildman–Crippen MR) is 43.4 cm³/mol. The highest BCUT2D eigenvalue weighted by Crippen LogP contribution is 2.07. The van der Waals surface area contributed by atoms with Crippen LogP contribution >= 0.6 is 0 Å². The minimum atomic E-state index is -0.414. The van der Waals surface area contributed by atoms with Crippen molar-refractivity contribution in [2.75, 3.05) is 13.1 Å². The van der Waals surface area contributed by atoms with Gasteiger partial charge in [0.1, 0.15) is 0 Å². The summed E-state index contributed by atoms with van der Waals surface area (Å²) in [7, 11) is 0. The van der Waals surface area contributed by atoms with Crippen molar-refractivity contribution in [3.8, 4) is 0 Å². The Morgan fingerprint density at radius 3 is 2.67 bits per heavy atom. The van der Waals surface area contributed by atoms with Crippen molar-refractivity contribution in [1.29, 1.82) is 0 Å². The normalized spacial score (nSPS) is 22.4. The molecule has 1 aliphatic rings. The lowest BCUT2D eigenvalue weighted by atomic mass is 10.3. The van der Waals surface area contributed by atoms with Gasteiger partial charge in [0, 0.05) is 26.1 Å². The highest BCUT2D eigenvalue weighted by molar-refractivity contribution is 5.74. The lowest BCUT2D eigenvalue weighted by Gasteiger charge is -2.13. The smallest absolute Gasteiger partial charge is 0.314 e. The van der Waals surface area contributed by atoms with E-state index in [0.29, 0.717) is 13.1 Å². The summed E-state index contributed by atoms with van der Waals surface area (Å²) in [6, 6.07) is -0.335. The molecule has 12 heavy (non-hydrogen) atoms. The molecule has 68 valence electrons. The highest BCUT2D eigenvalue weighted by Gasteiger charge is 2.24. The average molecular weight is 171 g/mol. The van der Waals surface area contributed by atoms with Gasteiger partial charge in [-0.1, -0.05) is 0 Å². The van der Waals surface area contributed by atoms with Gasteiger partial charge in [-0.15, -0.1) is 0 Å². The number of hydrogen-bond donors (Lipinski definition) is 2. The number of nitrogens with two attached hydrogens (primary N) is 1. The van der Waals surface area contributed by atoms with Crippen LogP contribution < -0.4 is 11.1 Å². The molecule has 1 atom stereocenters. The number of nitrogens with one attached hydrogen (secondary N) is 1. The first-order valence-electron chi connectivity index (χ1n) is 3.91. The zero-order valence-electron chi connectivity index (χ0n) is 7.04. The van der Waals surface area contributed by atoms with Gasteiger partial charge in [0.15, 0.2) is 0 Å². The van der Waals surface area contributed by atoms with Crippen LogP contribution in [0.2, 0.25) is 0 Å². The molecule has 0 aliphatic carbocycles. The topological polar surface area (TPSA) is 75.4 Å². The molecule has 5 heteroatoms. The van der Waals surface area contributed by atoms with Crippen molar-refractivity contribution in [2.24, 2.45) is 5.73 Å². The molecule has 1 rings (SSSR count). The summed E-state index contributed by atoms with van der Waals surface area (Å²) in [6.45, 7) is 2.64. The van der Waals surface area contributed by atoms with E-state index < -0.39 is 6.03 Å². The van der Waals surface area contributed by atoms with E-state index in [1.807, 2.05) is 0 Å². The maximum Gasteiger partial charge on any atom is 0.314 e. The molecule has 3 amide bonds. The number of hydrogen-bond acceptors (Lipinski definition) is 2. The molecule has 0 spiro atoms. The minimum absolute atomic E-state index is 0.0636. The summed E-state index contributed by atoms with van der Waals surface area (Å²) in [6.07, 6.45) is 0.794. The zero-order valence-corrected chi connectivity index (χ0v) is 7.04. The zero-order chi connectivity index (χ0) is 9.14. The number of urea groups is 1. The first-order chi connectivity index (χ1) is 5.59. The molecule has 0 aromatic carbocycles. The van der Waals surface area contributed by atoms with Crippen molar-refractivity contribution in [2.45, 2.75) is 19.4 Å². The molecule has 1 fully saturated rings. The SMILES string of the molecule is CC(=O)NC1CCN(C(N)=O)C1. The van der Waals surface area contributed by atoms with Crippen LogP contribution in [0, 0.1) is 0 Å². The third-order valence-electron chi connectivity index (χ3n) is 1.91. The van der Waals surface area contributed by atoms with Gasteiger partial charge in [-0.3, -0.25) is 4.79 Å². The van der Waals surface area contributed by atoms with E-state index in [-0.39, 0.29) is 11.9 Å². The molecule has 0 aromatic rings. The molecule has 3 N–H and O–H groups in total. The Balaban J connectivity index is 2.35. The lowest BCUT2D eigenvalue weighted by Crippen LogP contribution is -2.39. The molecule has 0 bridgehead atoms. The van der Waals surface area contributed by atoms with Crippen LogP contribution in [0.5, 0.6) is 0 Å². The van der Waals surface area contributed by atoms with Crippen LogP contribution in [0.15, 0.2) is 0 Å². The summed E-state index contributed by atoms with van der Waals surface area (Å²) in [5.41, 5.74) is 5.07. The van der Waals surface area contributed by atoms with Gasteiger partial charge >= 0.3 is 6.03 Å². The number of carbonyl (C=O) groups excluding carboxylic acids is 2. The van der Waals surface area contributed by atoms with Crippen molar-refractivity contribution >= 4 is 11.9 Å². The second-order valence-electron chi connectivity index (χ2n) is 2.97. The van der Waals surface area contributed by atoms with E-state index in [4.69, 9.17) is 5.73 Å². The Labute approximate surface area is 70.9 Å². The molecule has 5 nitrogen and oxygen atoms in total. The van der Waals surface area contributed by atoms with Crippen molar-refractivity contribution in [3.63, 3.8) is 0 Å². The summed E-state index contributed by atoms with van der Waals surface area (Å²) < 4.78 is 0. The Morgan fingerprint density at radius 1 is 1.58 bits per heavy atom. The lowest BCUT2D eigenvalue weighted by molar-refractivity contribution is -0.119. The van der Waals surface area contributed by atoms with Crippen LogP contribution in [-0.4, -0.2) is 36.0 Å². The fourth-order valence-electron chi connectivity index (χ4n) is 1.37. The maximum atomic E-state index is 10.7. The average Bonchev–Trinajstić information content (AvgIpc) is 2.34. The standard InChI is InChI=1S/C7H13N3O2/c1-5(11)9-6-2-3-10(4-6)7(8)12/h6H,2-4H2,1H3,(H2,8,12)(H,9,11). The van der Waals surface area contributed by atoms with Gasteiger partial charge in [0.05, 0.1) is 0 Å². The Hall–Kier alpha value is -1.26. The molecule has 0 saturated carbocycles. The summed E-state index contributed by atoms with van der Waals surface area (Å²) >= 11 is 0. The van der Waals surface area contributed by atoms with Crippen LogP contribution in [-0.2, 0) is 4.79 Å². The first kappa shape index (κ1) is 8.83. The summed E-state index contributed by atoms with van der Waals surface area (Å²) in [5.74, 6) is -0.0636. The second-order valence-corrected chi connectivity index (χ2v) is 2.97. The largest absolute Gasteiger partial charge is 0.352 e. The third kappa shape index (κ3) is 2.11. The third-order valence-corrected chi connectivity index (χ3v) is 1.91. The molecular formula is C7H13N3O2. The molecular weight excluding hydrogens is 158 g/mol. The van der Waals surface area contributed by atoms with E-state index >= 15 is 0 Å². The summed E-state index contributed by atoms with van der Waals surface area (Å²) in [4.78, 5) is 22.8. The van der Waals surface area contributed by atoms with Gasteiger partial charge in [0.2, 0.25) is 5.91 Å². The van der Waals surface area contributed by atoms with Crippen LogP contribution in [0.1, 0.15) is 13.3 Å². The van der Waals surface area contributed by atoms with Crippen LogP contribution in [0.4, 0.5) is 4.79 Å². The number of amides is 3. The second kappa shape index (κ2) is 3.42. The van der Waals surface area contributed by atoms with Gasteiger partial charge in [-0.25, -0.2) is 4.79 Å². The highest BCUT2D eigenvalue weighted by atomic mass is 16.2. The predicted octanol–water partition coefficient (Wildman–Crippen LogP) is -0.724. The Kier molecular flexibility index (Phi) is 2.52. The van der Waals surface area contributed by atoms with Crippen molar-refractivity contribution in [3.05, 3.63) is 0 Å². The molecule has 1 heterocycles. The molecule has 1 aliphatic heterocycles. The monoisotopic (exact) mass is 171 g/mol. The number of likely N-dealkylation sites (tertiary alicyclic amines) is 1. The van der Waals surface area contributed by atoms with Crippen LogP contribution in [0.25, 0.3) is 0 Å². The number of carbonyl (C=O) groups is 2. The van der Waals surface area contributed by atoms with Gasteiger partial charge < -0.3 is 16.0 Å². The molecule has 0 aromatic heterocycles. The molecule has 0 radical (unpaired) electrons. The number of nitrogens with zero attached hydrogens (tertiary/aromatic N) is 1. The minimum Gasteiger partial charge on any atom is -0.352 e. The quantitative estimate of drug-likeness (QED) is 0.546. The van der Waals surface area contributed by atoms with Gasteiger partial charge in [0.25, 0.3) is 0 Å². The maximum absolute atomic E-state index is 10.7. The van der Waals surface area contributed by atoms with E-state index in [2.05, 4.69) is 5.32 Å². The van der Waals surface area contributed by atoms with E-state index in [9.17, 15) is 9.59 Å². The Morgan fingerprint density at radius 2 is 2.25 bits per heavy atom. The fourth-order valence-corrected chi connectivity index (χ4v) is 1.37. The van der Waals surface area contributed by atoms with Gasteiger partial charge in [-0.2, -0.15) is 0 Å². The van der Waals surface area contributed by atoms with Crippen molar-refractivity contribution < 1.29 is 9.59 Å². The first-order valence-corrected chi connectivity index (χ1v) is 3.91. The van der Waals surface area contributed by atoms with E-state index in [1.54, 1.807) is 0 Å². The number of primary amides is 1. The fraction of sp³-hybridized carbons (Fsp3) is 0.714. The van der Waals surface area contributed by atoms with E-state index in [1.165, 1.54) is 11.8 Å². The number of rotatable bonds is 1. The summed E-state index contributed by atoms with van der Waals surface area (Å²) in [5, 5.41) is 2.74. The van der Waals surface area contributed by atoms with E-state index in [0.717, 1.165) is 6.42 Å². The van der Waals surface area contributed by atoms with Crippen molar-refractivity contribution in [1.82, 2.24) is 10.2 Å². The Bertz CT molecular complexity index is 205. The van der Waals surface area contributed by atoms with Crippen LogP contribution in [0.3, 0.4) is 0 Å². The van der Waals surface area contributed by atoms with Gasteiger partial charge in [-0.05, 0) is 6.42 Å². The molecule has 1 saturated heterocycles.